The lowest BCUT2D eigenvalue weighted by atomic mass is 10.1. The first-order chi connectivity index (χ1) is 13.4. The fourth-order valence-electron chi connectivity index (χ4n) is 3.28. The van der Waals surface area contributed by atoms with Crippen LogP contribution in [0.3, 0.4) is 0 Å². The number of carbonyl (C=O) groups excluding carboxylic acids is 1. The molecule has 7 heteroatoms. The van der Waals surface area contributed by atoms with Crippen LogP contribution >= 0.6 is 22.9 Å². The van der Waals surface area contributed by atoms with Crippen molar-refractivity contribution in [2.45, 2.75) is 53.0 Å². The second-order valence-electron chi connectivity index (χ2n) is 7.72. The summed E-state index contributed by atoms with van der Waals surface area (Å²) in [6.07, 6.45) is 1.64. The predicted octanol–water partition coefficient (Wildman–Crippen LogP) is 5.29. The number of amides is 1. The maximum atomic E-state index is 12.5. The quantitative estimate of drug-likeness (QED) is 0.505. The summed E-state index contributed by atoms with van der Waals surface area (Å²) >= 11 is 7.39. The van der Waals surface area contributed by atoms with E-state index in [1.807, 2.05) is 19.9 Å². The van der Waals surface area contributed by atoms with Crippen LogP contribution in [-0.4, -0.2) is 27.0 Å². The van der Waals surface area contributed by atoms with Crippen LogP contribution in [0, 0.1) is 5.92 Å². The van der Waals surface area contributed by atoms with Crippen LogP contribution in [0.25, 0.3) is 11.0 Å². The third kappa shape index (κ3) is 4.73. The zero-order valence-electron chi connectivity index (χ0n) is 16.8. The summed E-state index contributed by atoms with van der Waals surface area (Å²) in [6, 6.07) is 8.24. The number of para-hydroxylation sites is 2. The monoisotopic (exact) mass is 418 g/mol. The highest BCUT2D eigenvalue weighted by atomic mass is 35.5. The number of aryl methyl sites for hydroxylation is 1. The largest absolute Gasteiger partial charge is 0.351 e. The van der Waals surface area contributed by atoms with E-state index in [0.717, 1.165) is 35.6 Å². The van der Waals surface area contributed by atoms with E-state index in [2.05, 4.69) is 46.9 Å². The number of halogens is 1. The molecule has 0 spiro atoms. The Bertz CT molecular complexity index is 961. The van der Waals surface area contributed by atoms with Crippen LogP contribution in [0.15, 0.2) is 24.3 Å². The van der Waals surface area contributed by atoms with Crippen molar-refractivity contribution in [2.24, 2.45) is 5.92 Å². The van der Waals surface area contributed by atoms with Crippen LogP contribution < -0.4 is 5.32 Å². The molecule has 3 rings (SSSR count). The molecule has 0 radical (unpaired) electrons. The fourth-order valence-corrected chi connectivity index (χ4v) is 4.40. The van der Waals surface area contributed by atoms with Crippen molar-refractivity contribution in [1.82, 2.24) is 19.9 Å². The van der Waals surface area contributed by atoms with Gasteiger partial charge >= 0.3 is 0 Å². The molecule has 150 valence electrons. The van der Waals surface area contributed by atoms with E-state index in [0.29, 0.717) is 22.6 Å². The maximum Gasteiger partial charge on any atom is 0.271 e. The number of benzene rings is 1. The maximum absolute atomic E-state index is 12.5. The van der Waals surface area contributed by atoms with E-state index in [-0.39, 0.29) is 11.8 Å². The van der Waals surface area contributed by atoms with Gasteiger partial charge in [-0.1, -0.05) is 51.4 Å². The van der Waals surface area contributed by atoms with E-state index in [9.17, 15) is 4.79 Å². The zero-order chi connectivity index (χ0) is 20.3. The molecule has 0 atom stereocenters. The number of rotatable bonds is 8. The fraction of sp³-hybridized carbons (Fsp3) is 0.476. The highest BCUT2D eigenvalue weighted by molar-refractivity contribution is 7.16. The van der Waals surface area contributed by atoms with Gasteiger partial charge in [0.05, 0.1) is 11.0 Å². The Hall–Kier alpha value is -1.92. The SMILES string of the molecule is CC(C)Cn1c(CCCNC(=O)c2nc(Cl)sc2C(C)C)nc2ccccc21. The first-order valence-corrected chi connectivity index (χ1v) is 10.9. The molecule has 1 aromatic carbocycles. The Labute approximate surface area is 175 Å². The van der Waals surface area contributed by atoms with Gasteiger partial charge in [-0.2, -0.15) is 0 Å². The molecule has 1 N–H and O–H groups in total. The van der Waals surface area contributed by atoms with Gasteiger partial charge in [0, 0.05) is 24.4 Å². The van der Waals surface area contributed by atoms with Crippen molar-refractivity contribution in [2.75, 3.05) is 6.54 Å². The Morgan fingerprint density at radius 3 is 2.68 bits per heavy atom. The molecule has 28 heavy (non-hydrogen) atoms. The van der Waals surface area contributed by atoms with Gasteiger partial charge < -0.3 is 9.88 Å². The second kappa shape index (κ2) is 9.05. The summed E-state index contributed by atoms with van der Waals surface area (Å²) in [5.41, 5.74) is 2.66. The van der Waals surface area contributed by atoms with Gasteiger partial charge in [0.2, 0.25) is 0 Å². The molecule has 0 bridgehead atoms. The third-order valence-electron chi connectivity index (χ3n) is 4.51. The average molecular weight is 419 g/mol. The second-order valence-corrected chi connectivity index (χ2v) is 9.33. The molecular weight excluding hydrogens is 392 g/mol. The van der Waals surface area contributed by atoms with E-state index < -0.39 is 0 Å². The third-order valence-corrected chi connectivity index (χ3v) is 5.97. The minimum atomic E-state index is -0.150. The normalized spacial score (nSPS) is 11.7. The molecular formula is C21H27ClN4OS. The van der Waals surface area contributed by atoms with Crippen molar-refractivity contribution in [3.8, 4) is 0 Å². The van der Waals surface area contributed by atoms with Crippen molar-refractivity contribution in [3.05, 3.63) is 45.1 Å². The summed E-state index contributed by atoms with van der Waals surface area (Å²) in [4.78, 5) is 22.4. The Kier molecular flexibility index (Phi) is 6.73. The molecule has 0 aliphatic heterocycles. The summed E-state index contributed by atoms with van der Waals surface area (Å²) in [5, 5.41) is 2.98. The zero-order valence-corrected chi connectivity index (χ0v) is 18.4. The van der Waals surface area contributed by atoms with Crippen molar-refractivity contribution in [1.29, 1.82) is 0 Å². The van der Waals surface area contributed by atoms with Gasteiger partial charge in [-0.15, -0.1) is 11.3 Å². The minimum Gasteiger partial charge on any atom is -0.351 e. The molecule has 0 unspecified atom stereocenters. The first-order valence-electron chi connectivity index (χ1n) is 9.75. The Balaban J connectivity index is 1.63. The van der Waals surface area contributed by atoms with Gasteiger partial charge in [-0.3, -0.25) is 4.79 Å². The smallest absolute Gasteiger partial charge is 0.271 e. The number of imidazole rings is 1. The van der Waals surface area contributed by atoms with E-state index in [1.165, 1.54) is 16.9 Å². The van der Waals surface area contributed by atoms with Crippen LogP contribution in [-0.2, 0) is 13.0 Å². The van der Waals surface area contributed by atoms with Crippen LogP contribution in [0.2, 0.25) is 4.47 Å². The minimum absolute atomic E-state index is 0.150. The number of thiazole rings is 1. The number of hydrogen-bond acceptors (Lipinski definition) is 4. The van der Waals surface area contributed by atoms with E-state index in [1.54, 1.807) is 0 Å². The first kappa shape index (κ1) is 20.8. The van der Waals surface area contributed by atoms with E-state index in [4.69, 9.17) is 16.6 Å². The molecule has 5 nitrogen and oxygen atoms in total. The summed E-state index contributed by atoms with van der Waals surface area (Å²) in [6.45, 7) is 10.0. The number of carbonyl (C=O) groups is 1. The molecule has 2 heterocycles. The molecule has 1 amide bonds. The van der Waals surface area contributed by atoms with E-state index >= 15 is 0 Å². The molecule has 2 aromatic heterocycles. The van der Waals surface area contributed by atoms with Crippen molar-refractivity contribution < 1.29 is 4.79 Å². The number of nitrogens with zero attached hydrogens (tertiary/aromatic N) is 3. The highest BCUT2D eigenvalue weighted by Gasteiger charge is 2.19. The summed E-state index contributed by atoms with van der Waals surface area (Å²) in [5.74, 6) is 1.69. The highest BCUT2D eigenvalue weighted by Crippen LogP contribution is 2.29. The molecule has 0 aliphatic rings. The molecule has 0 aliphatic carbocycles. The molecule has 3 aromatic rings. The average Bonchev–Trinajstić information content (AvgIpc) is 3.19. The lowest BCUT2D eigenvalue weighted by Gasteiger charge is -2.12. The predicted molar refractivity (Wildman–Crippen MR) is 116 cm³/mol. The van der Waals surface area contributed by atoms with Crippen LogP contribution in [0.5, 0.6) is 0 Å². The molecule has 0 saturated heterocycles. The van der Waals surface area contributed by atoms with Crippen LogP contribution in [0.4, 0.5) is 0 Å². The van der Waals surface area contributed by atoms with Gasteiger partial charge in [0.1, 0.15) is 11.5 Å². The van der Waals surface area contributed by atoms with Gasteiger partial charge in [-0.05, 0) is 30.4 Å². The summed E-state index contributed by atoms with van der Waals surface area (Å²) in [7, 11) is 0. The Morgan fingerprint density at radius 2 is 1.96 bits per heavy atom. The van der Waals surface area contributed by atoms with Gasteiger partial charge in [-0.25, -0.2) is 9.97 Å². The lowest BCUT2D eigenvalue weighted by molar-refractivity contribution is 0.0947. The molecule has 0 fully saturated rings. The summed E-state index contributed by atoms with van der Waals surface area (Å²) < 4.78 is 2.72. The number of hydrogen-bond donors (Lipinski definition) is 1. The lowest BCUT2D eigenvalue weighted by Crippen LogP contribution is -2.26. The van der Waals surface area contributed by atoms with Crippen molar-refractivity contribution >= 4 is 39.9 Å². The van der Waals surface area contributed by atoms with Crippen LogP contribution in [0.1, 0.15) is 61.2 Å². The number of aromatic nitrogens is 3. The van der Waals surface area contributed by atoms with Gasteiger partial charge in [0.25, 0.3) is 5.91 Å². The standard InChI is InChI=1S/C21H27ClN4OS/c1-13(2)12-26-16-9-6-5-8-15(16)24-17(26)10-7-11-23-20(27)18-19(14(3)4)28-21(22)25-18/h5-6,8-9,13-14H,7,10-12H2,1-4H3,(H,23,27). The molecule has 0 saturated carbocycles. The van der Waals surface area contributed by atoms with Crippen molar-refractivity contribution in [3.63, 3.8) is 0 Å². The Morgan fingerprint density at radius 1 is 1.21 bits per heavy atom. The number of nitrogens with one attached hydrogen (secondary N) is 1. The van der Waals surface area contributed by atoms with Gasteiger partial charge in [0.15, 0.2) is 4.47 Å². The number of fused-ring (bicyclic) bond motifs is 1. The topological polar surface area (TPSA) is 59.8 Å².